The number of para-hydroxylation sites is 1. The highest BCUT2D eigenvalue weighted by Crippen LogP contribution is 2.32. The standard InChI is InChI=1S/C30H29NO4S/c1-3-30(32)28(21-35-25-14-6-4-7-15-25)24-13-10-12-23(20-24)27-18-11-19-29(22(27)2)31-36(33,34)26-16-8-5-9-17-26/h3-20,28,30-32H,1,21H2,2H3. The largest absolute Gasteiger partial charge is 0.493 e. The Morgan fingerprint density at radius 1 is 0.917 bits per heavy atom. The summed E-state index contributed by atoms with van der Waals surface area (Å²) >= 11 is 0. The molecule has 0 bridgehead atoms. The molecule has 0 saturated carbocycles. The fourth-order valence-corrected chi connectivity index (χ4v) is 5.20. The molecule has 2 N–H and O–H groups in total. The molecule has 0 fully saturated rings. The maximum atomic E-state index is 12.9. The third-order valence-corrected chi connectivity index (χ3v) is 7.47. The molecule has 4 rings (SSSR count). The molecule has 184 valence electrons. The van der Waals surface area contributed by atoms with Gasteiger partial charge in [0.25, 0.3) is 10.0 Å². The van der Waals surface area contributed by atoms with Crippen molar-refractivity contribution in [2.45, 2.75) is 23.8 Å². The fraction of sp³-hybridized carbons (Fsp3) is 0.133. The molecule has 2 atom stereocenters. The number of anilines is 1. The van der Waals surface area contributed by atoms with Crippen LogP contribution in [0, 0.1) is 6.92 Å². The molecule has 36 heavy (non-hydrogen) atoms. The predicted octanol–water partition coefficient (Wildman–Crippen LogP) is 6.17. The van der Waals surface area contributed by atoms with Gasteiger partial charge in [-0.3, -0.25) is 4.72 Å². The van der Waals surface area contributed by atoms with Crippen molar-refractivity contribution in [2.24, 2.45) is 0 Å². The van der Waals surface area contributed by atoms with Crippen molar-refractivity contribution in [1.82, 2.24) is 0 Å². The second-order valence-corrected chi connectivity index (χ2v) is 10.2. The van der Waals surface area contributed by atoms with Gasteiger partial charge >= 0.3 is 0 Å². The number of hydrogen-bond donors (Lipinski definition) is 2. The Bertz CT molecular complexity index is 1420. The van der Waals surface area contributed by atoms with Crippen LogP contribution in [-0.4, -0.2) is 26.2 Å². The normalized spacial score (nSPS) is 12.9. The summed E-state index contributed by atoms with van der Waals surface area (Å²) in [6, 6.07) is 31.1. The van der Waals surface area contributed by atoms with E-state index in [2.05, 4.69) is 11.3 Å². The molecule has 0 aromatic heterocycles. The highest BCUT2D eigenvalue weighted by Gasteiger charge is 2.21. The van der Waals surface area contributed by atoms with Gasteiger partial charge in [-0.25, -0.2) is 8.42 Å². The Kier molecular flexibility index (Phi) is 7.88. The van der Waals surface area contributed by atoms with E-state index in [1.54, 1.807) is 36.4 Å². The zero-order valence-electron chi connectivity index (χ0n) is 20.0. The SMILES string of the molecule is C=CC(O)C(COc1ccccc1)c1cccc(-c2cccc(NS(=O)(=O)c3ccccc3)c2C)c1. The highest BCUT2D eigenvalue weighted by molar-refractivity contribution is 7.92. The lowest BCUT2D eigenvalue weighted by molar-refractivity contribution is 0.151. The van der Waals surface area contributed by atoms with Crippen molar-refractivity contribution in [3.63, 3.8) is 0 Å². The van der Waals surface area contributed by atoms with E-state index in [1.165, 1.54) is 6.08 Å². The number of hydrogen-bond acceptors (Lipinski definition) is 4. The average Bonchev–Trinajstić information content (AvgIpc) is 2.91. The van der Waals surface area contributed by atoms with Gasteiger partial charge in [-0.05, 0) is 59.5 Å². The first-order valence-corrected chi connectivity index (χ1v) is 13.1. The van der Waals surface area contributed by atoms with Gasteiger partial charge in [-0.15, -0.1) is 6.58 Å². The topological polar surface area (TPSA) is 75.6 Å². The molecule has 0 saturated heterocycles. The van der Waals surface area contributed by atoms with E-state index in [0.29, 0.717) is 5.69 Å². The zero-order valence-corrected chi connectivity index (χ0v) is 20.9. The van der Waals surface area contributed by atoms with Gasteiger partial charge < -0.3 is 9.84 Å². The monoisotopic (exact) mass is 499 g/mol. The molecule has 2 unspecified atom stereocenters. The first-order valence-electron chi connectivity index (χ1n) is 11.7. The van der Waals surface area contributed by atoms with Crippen molar-refractivity contribution in [2.75, 3.05) is 11.3 Å². The Morgan fingerprint density at radius 2 is 1.58 bits per heavy atom. The van der Waals surface area contributed by atoms with Crippen LogP contribution in [0.5, 0.6) is 5.75 Å². The molecule has 0 amide bonds. The first-order chi connectivity index (χ1) is 17.4. The van der Waals surface area contributed by atoms with Crippen LogP contribution < -0.4 is 9.46 Å². The number of benzene rings is 4. The number of aliphatic hydroxyl groups excluding tert-OH is 1. The summed E-state index contributed by atoms with van der Waals surface area (Å²) in [6.45, 7) is 5.92. The number of sulfonamides is 1. The van der Waals surface area contributed by atoms with Gasteiger partial charge in [-0.1, -0.05) is 78.9 Å². The summed E-state index contributed by atoms with van der Waals surface area (Å²) in [5.41, 5.74) is 4.01. The molecule has 0 heterocycles. The molecular weight excluding hydrogens is 470 g/mol. The lowest BCUT2D eigenvalue weighted by atomic mass is 9.90. The minimum atomic E-state index is -3.72. The van der Waals surface area contributed by atoms with Crippen LogP contribution in [0.3, 0.4) is 0 Å². The second kappa shape index (κ2) is 11.2. The van der Waals surface area contributed by atoms with Crippen molar-refractivity contribution in [3.8, 4) is 16.9 Å². The number of aliphatic hydroxyl groups is 1. The summed E-state index contributed by atoms with van der Waals surface area (Å²) < 4.78 is 34.4. The molecular formula is C30H29NO4S. The van der Waals surface area contributed by atoms with Crippen molar-refractivity contribution in [3.05, 3.63) is 127 Å². The summed E-state index contributed by atoms with van der Waals surface area (Å²) in [5, 5.41) is 10.7. The van der Waals surface area contributed by atoms with Gasteiger partial charge in [-0.2, -0.15) is 0 Å². The average molecular weight is 500 g/mol. The van der Waals surface area contributed by atoms with Crippen LogP contribution >= 0.6 is 0 Å². The summed E-state index contributed by atoms with van der Waals surface area (Å²) in [5.74, 6) is 0.395. The van der Waals surface area contributed by atoms with Gasteiger partial charge in [0.05, 0.1) is 23.3 Å². The third kappa shape index (κ3) is 5.85. The van der Waals surface area contributed by atoms with E-state index in [4.69, 9.17) is 4.74 Å². The molecule has 5 nitrogen and oxygen atoms in total. The molecule has 0 aliphatic carbocycles. The lowest BCUT2D eigenvalue weighted by Gasteiger charge is -2.22. The molecule has 0 aliphatic heterocycles. The number of rotatable bonds is 10. The molecule has 0 spiro atoms. The van der Waals surface area contributed by atoms with Crippen LogP contribution in [0.2, 0.25) is 0 Å². The van der Waals surface area contributed by atoms with Crippen LogP contribution in [-0.2, 0) is 10.0 Å². The maximum Gasteiger partial charge on any atom is 0.261 e. The van der Waals surface area contributed by atoms with Crippen molar-refractivity contribution >= 4 is 15.7 Å². The quantitative estimate of drug-likeness (QED) is 0.256. The van der Waals surface area contributed by atoms with E-state index in [-0.39, 0.29) is 17.4 Å². The Labute approximate surface area is 212 Å². The van der Waals surface area contributed by atoms with E-state index >= 15 is 0 Å². The molecule has 0 aliphatic rings. The van der Waals surface area contributed by atoms with E-state index in [9.17, 15) is 13.5 Å². The smallest absolute Gasteiger partial charge is 0.261 e. The van der Waals surface area contributed by atoms with E-state index in [0.717, 1.165) is 28.0 Å². The Hall–Kier alpha value is -3.87. The number of nitrogens with one attached hydrogen (secondary N) is 1. The highest BCUT2D eigenvalue weighted by atomic mass is 32.2. The van der Waals surface area contributed by atoms with Crippen LogP contribution in [0.4, 0.5) is 5.69 Å². The summed E-state index contributed by atoms with van der Waals surface area (Å²) in [6.07, 6.45) is 0.713. The third-order valence-electron chi connectivity index (χ3n) is 6.08. The Balaban J connectivity index is 1.63. The minimum absolute atomic E-state index is 0.205. The second-order valence-electron chi connectivity index (χ2n) is 8.48. The summed E-state index contributed by atoms with van der Waals surface area (Å²) in [7, 11) is -3.72. The molecule has 6 heteroatoms. The van der Waals surface area contributed by atoms with E-state index in [1.807, 2.05) is 73.7 Å². The predicted molar refractivity (Wildman–Crippen MR) is 145 cm³/mol. The van der Waals surface area contributed by atoms with Crippen molar-refractivity contribution in [1.29, 1.82) is 0 Å². The zero-order chi connectivity index (χ0) is 25.5. The summed E-state index contributed by atoms with van der Waals surface area (Å²) in [4.78, 5) is 0.205. The molecule has 0 radical (unpaired) electrons. The van der Waals surface area contributed by atoms with Crippen LogP contribution in [0.1, 0.15) is 17.0 Å². The first kappa shape index (κ1) is 25.2. The fourth-order valence-electron chi connectivity index (χ4n) is 4.06. The number of ether oxygens (including phenoxy) is 1. The van der Waals surface area contributed by atoms with E-state index < -0.39 is 16.1 Å². The molecule has 4 aromatic carbocycles. The maximum absolute atomic E-state index is 12.9. The van der Waals surface area contributed by atoms with Crippen LogP contribution in [0.25, 0.3) is 11.1 Å². The van der Waals surface area contributed by atoms with Gasteiger partial charge in [0.2, 0.25) is 0 Å². The van der Waals surface area contributed by atoms with Gasteiger partial charge in [0.1, 0.15) is 5.75 Å². The lowest BCUT2D eigenvalue weighted by Crippen LogP contribution is -2.22. The van der Waals surface area contributed by atoms with Gasteiger partial charge in [0, 0.05) is 5.92 Å². The van der Waals surface area contributed by atoms with Crippen molar-refractivity contribution < 1.29 is 18.3 Å². The Morgan fingerprint density at radius 3 is 2.28 bits per heavy atom. The van der Waals surface area contributed by atoms with Gasteiger partial charge in [0.15, 0.2) is 0 Å². The van der Waals surface area contributed by atoms with Crippen LogP contribution in [0.15, 0.2) is 121 Å². The minimum Gasteiger partial charge on any atom is -0.493 e. The molecule has 4 aromatic rings.